The third-order valence-corrected chi connectivity index (χ3v) is 3.90. The highest BCUT2D eigenvalue weighted by Gasteiger charge is 2.11. The van der Waals surface area contributed by atoms with Crippen LogP contribution in [0.5, 0.6) is 0 Å². The Labute approximate surface area is 141 Å². The first-order valence-corrected chi connectivity index (χ1v) is 8.02. The number of hydrogen-bond donors (Lipinski definition) is 1. The Balaban J connectivity index is 1.91. The minimum absolute atomic E-state index is 0.0604. The van der Waals surface area contributed by atoms with Crippen molar-refractivity contribution in [1.29, 1.82) is 0 Å². The topological polar surface area (TPSA) is 115 Å². The van der Waals surface area contributed by atoms with Crippen molar-refractivity contribution in [3.05, 3.63) is 52.1 Å². The summed E-state index contributed by atoms with van der Waals surface area (Å²) < 4.78 is 0. The lowest BCUT2D eigenvalue weighted by Gasteiger charge is -2.03. The maximum absolute atomic E-state index is 12.1. The van der Waals surface area contributed by atoms with Crippen LogP contribution in [0.3, 0.4) is 0 Å². The molecular weight excluding hydrogens is 332 g/mol. The molecule has 2 aromatic rings. The second-order valence-electron chi connectivity index (χ2n) is 4.67. The molecule has 0 fully saturated rings. The van der Waals surface area contributed by atoms with Crippen LogP contribution < -0.4 is 5.32 Å². The van der Waals surface area contributed by atoms with Crippen molar-refractivity contribution in [1.82, 2.24) is 10.2 Å². The number of benzene rings is 1. The summed E-state index contributed by atoms with van der Waals surface area (Å²) in [4.78, 5) is 33.4. The number of anilines is 1. The lowest BCUT2D eigenvalue weighted by atomic mass is 10.1. The predicted molar refractivity (Wildman–Crippen MR) is 89.1 cm³/mol. The number of carbonyl (C=O) groups is 2. The van der Waals surface area contributed by atoms with E-state index in [1.54, 1.807) is 19.1 Å². The van der Waals surface area contributed by atoms with E-state index in [1.165, 1.54) is 36.0 Å². The van der Waals surface area contributed by atoms with Gasteiger partial charge in [-0.25, -0.2) is 0 Å². The smallest absolute Gasteiger partial charge is 0.269 e. The first kappa shape index (κ1) is 17.5. The molecule has 1 aromatic carbocycles. The van der Waals surface area contributed by atoms with Crippen LogP contribution in [0.15, 0.2) is 41.4 Å². The molecule has 0 aliphatic rings. The Bertz CT molecular complexity index is 747. The first-order chi connectivity index (χ1) is 11.5. The van der Waals surface area contributed by atoms with Crippen molar-refractivity contribution in [3.63, 3.8) is 0 Å². The van der Waals surface area contributed by atoms with Gasteiger partial charge in [-0.3, -0.25) is 19.7 Å². The summed E-state index contributed by atoms with van der Waals surface area (Å²) in [6.45, 7) is 1.73. The molecule has 1 amide bonds. The summed E-state index contributed by atoms with van der Waals surface area (Å²) in [7, 11) is 0. The van der Waals surface area contributed by atoms with Crippen LogP contribution >= 0.6 is 11.8 Å². The fraction of sp³-hybridized carbons (Fsp3) is 0.200. The van der Waals surface area contributed by atoms with E-state index in [-0.39, 0.29) is 23.1 Å². The second kappa shape index (κ2) is 8.16. The monoisotopic (exact) mass is 346 g/mol. The molecule has 0 aliphatic carbocycles. The zero-order valence-corrected chi connectivity index (χ0v) is 13.6. The molecule has 0 atom stereocenters. The number of rotatable bonds is 7. The van der Waals surface area contributed by atoms with Crippen LogP contribution in [-0.2, 0) is 4.79 Å². The molecule has 0 spiro atoms. The standard InChI is InChI=1S/C15H14N4O4S/c1-2-14(21)16-13-7-8-15(18-17-13)24-9-12(20)10-3-5-11(6-4-10)19(22)23/h3-8H,2,9H2,1H3,(H,16,17,21). The summed E-state index contributed by atoms with van der Waals surface area (Å²) in [5.74, 6) is 0.165. The zero-order valence-electron chi connectivity index (χ0n) is 12.8. The number of hydrogen-bond acceptors (Lipinski definition) is 7. The summed E-state index contributed by atoms with van der Waals surface area (Å²) >= 11 is 1.20. The zero-order chi connectivity index (χ0) is 17.5. The molecule has 0 bridgehead atoms. The molecular formula is C15H14N4O4S. The number of nitrogens with one attached hydrogen (secondary N) is 1. The number of carbonyl (C=O) groups excluding carboxylic acids is 2. The minimum Gasteiger partial charge on any atom is -0.309 e. The largest absolute Gasteiger partial charge is 0.309 e. The fourth-order valence-electron chi connectivity index (χ4n) is 1.69. The van der Waals surface area contributed by atoms with Gasteiger partial charge in [-0.05, 0) is 24.3 Å². The lowest BCUT2D eigenvalue weighted by molar-refractivity contribution is -0.384. The van der Waals surface area contributed by atoms with Crippen molar-refractivity contribution in [2.75, 3.05) is 11.1 Å². The number of nitrogens with zero attached hydrogens (tertiary/aromatic N) is 3. The number of Topliss-reactive ketones (excluding diaryl/α,β-unsaturated/α-hetero) is 1. The van der Waals surface area contributed by atoms with Gasteiger partial charge in [0.25, 0.3) is 5.69 Å². The molecule has 24 heavy (non-hydrogen) atoms. The van der Waals surface area contributed by atoms with Gasteiger partial charge in [-0.1, -0.05) is 18.7 Å². The molecule has 1 N–H and O–H groups in total. The number of aromatic nitrogens is 2. The van der Waals surface area contributed by atoms with E-state index in [0.29, 0.717) is 22.8 Å². The Morgan fingerprint density at radius 2 is 1.88 bits per heavy atom. The van der Waals surface area contributed by atoms with Gasteiger partial charge in [0.15, 0.2) is 11.6 Å². The van der Waals surface area contributed by atoms with Gasteiger partial charge in [0, 0.05) is 24.1 Å². The highest BCUT2D eigenvalue weighted by Crippen LogP contribution is 2.18. The van der Waals surface area contributed by atoms with E-state index in [1.807, 2.05) is 0 Å². The fourth-order valence-corrected chi connectivity index (χ4v) is 2.40. The summed E-state index contributed by atoms with van der Waals surface area (Å²) in [5, 5.41) is 21.5. The molecule has 0 saturated heterocycles. The van der Waals surface area contributed by atoms with E-state index in [9.17, 15) is 19.7 Å². The van der Waals surface area contributed by atoms with Gasteiger partial charge in [0.05, 0.1) is 10.7 Å². The average Bonchev–Trinajstić information content (AvgIpc) is 2.60. The third-order valence-electron chi connectivity index (χ3n) is 2.98. The Kier molecular flexibility index (Phi) is 5.96. The maximum Gasteiger partial charge on any atom is 0.269 e. The van der Waals surface area contributed by atoms with Crippen molar-refractivity contribution >= 4 is 35.0 Å². The van der Waals surface area contributed by atoms with Crippen LogP contribution in [0.4, 0.5) is 11.5 Å². The number of ketones is 1. The summed E-state index contributed by atoms with van der Waals surface area (Å²) in [6.07, 6.45) is 0.349. The quantitative estimate of drug-likeness (QED) is 0.355. The number of non-ortho nitro benzene ring substituents is 1. The number of amides is 1. The van der Waals surface area contributed by atoms with Crippen LogP contribution in [0.2, 0.25) is 0 Å². The van der Waals surface area contributed by atoms with Crippen molar-refractivity contribution in [2.24, 2.45) is 0 Å². The van der Waals surface area contributed by atoms with Crippen molar-refractivity contribution in [3.8, 4) is 0 Å². The van der Waals surface area contributed by atoms with Crippen LogP contribution in [0, 0.1) is 10.1 Å². The normalized spacial score (nSPS) is 10.2. The van der Waals surface area contributed by atoms with E-state index >= 15 is 0 Å². The molecule has 124 valence electrons. The molecule has 1 aromatic heterocycles. The minimum atomic E-state index is -0.516. The van der Waals surface area contributed by atoms with Gasteiger partial charge in [-0.2, -0.15) is 0 Å². The third kappa shape index (κ3) is 4.85. The molecule has 0 saturated carbocycles. The highest BCUT2D eigenvalue weighted by molar-refractivity contribution is 7.99. The molecule has 0 aliphatic heterocycles. The summed E-state index contributed by atoms with van der Waals surface area (Å²) in [5.41, 5.74) is 0.336. The first-order valence-electron chi connectivity index (χ1n) is 7.03. The Morgan fingerprint density at radius 1 is 1.17 bits per heavy atom. The molecule has 8 nitrogen and oxygen atoms in total. The van der Waals surface area contributed by atoms with Gasteiger partial charge in [0.2, 0.25) is 5.91 Å². The predicted octanol–water partition coefficient (Wildman–Crippen LogP) is 2.71. The van der Waals surface area contributed by atoms with Crippen molar-refractivity contribution < 1.29 is 14.5 Å². The number of thioether (sulfide) groups is 1. The van der Waals surface area contributed by atoms with Crippen LogP contribution in [0.25, 0.3) is 0 Å². The molecule has 1 heterocycles. The Morgan fingerprint density at radius 3 is 2.42 bits per heavy atom. The number of nitro benzene ring substituents is 1. The second-order valence-corrected chi connectivity index (χ2v) is 5.67. The molecule has 2 rings (SSSR count). The molecule has 9 heteroatoms. The van der Waals surface area contributed by atoms with Gasteiger partial charge in [-0.15, -0.1) is 10.2 Å². The summed E-state index contributed by atoms with van der Waals surface area (Å²) in [6, 6.07) is 8.71. The van der Waals surface area contributed by atoms with Crippen LogP contribution in [-0.4, -0.2) is 32.6 Å². The Hall–Kier alpha value is -2.81. The SMILES string of the molecule is CCC(=O)Nc1ccc(SCC(=O)c2ccc([N+](=O)[O-])cc2)nn1. The maximum atomic E-state index is 12.1. The van der Waals surface area contributed by atoms with E-state index in [4.69, 9.17) is 0 Å². The van der Waals surface area contributed by atoms with Gasteiger partial charge < -0.3 is 5.32 Å². The van der Waals surface area contributed by atoms with Gasteiger partial charge in [0.1, 0.15) is 5.03 Å². The molecule has 0 unspecified atom stereocenters. The van der Waals surface area contributed by atoms with E-state index < -0.39 is 4.92 Å². The van der Waals surface area contributed by atoms with Crippen molar-refractivity contribution in [2.45, 2.75) is 18.4 Å². The average molecular weight is 346 g/mol. The van der Waals surface area contributed by atoms with Gasteiger partial charge >= 0.3 is 0 Å². The van der Waals surface area contributed by atoms with Crippen LogP contribution in [0.1, 0.15) is 23.7 Å². The number of nitro groups is 1. The lowest BCUT2D eigenvalue weighted by Crippen LogP contribution is -2.11. The highest BCUT2D eigenvalue weighted by atomic mass is 32.2. The van der Waals surface area contributed by atoms with E-state index in [0.717, 1.165) is 0 Å². The molecule has 0 radical (unpaired) electrons. The van der Waals surface area contributed by atoms with E-state index in [2.05, 4.69) is 15.5 Å².